The van der Waals surface area contributed by atoms with Gasteiger partial charge in [0, 0.05) is 82.1 Å². The molecule has 2 aliphatic rings. The summed E-state index contributed by atoms with van der Waals surface area (Å²) in [5, 5.41) is 3.09. The van der Waals surface area contributed by atoms with Gasteiger partial charge < -0.3 is 19.7 Å². The van der Waals surface area contributed by atoms with E-state index in [0.29, 0.717) is 12.2 Å². The minimum atomic E-state index is -0.0833. The molecule has 4 rings (SSSR count). The number of anilines is 1. The highest BCUT2D eigenvalue weighted by Crippen LogP contribution is 2.29. The van der Waals surface area contributed by atoms with Gasteiger partial charge in [-0.3, -0.25) is 9.59 Å². The van der Waals surface area contributed by atoms with E-state index < -0.39 is 0 Å². The highest BCUT2D eigenvalue weighted by Gasteiger charge is 2.23. The second kappa shape index (κ2) is 9.95. The Morgan fingerprint density at radius 2 is 1.84 bits per heavy atom. The van der Waals surface area contributed by atoms with Crippen LogP contribution in [0.3, 0.4) is 0 Å². The molecule has 9 heteroatoms. The quantitative estimate of drug-likeness (QED) is 0.673. The summed E-state index contributed by atoms with van der Waals surface area (Å²) in [4.78, 5) is 34.4. The Balaban J connectivity index is 1.39. The third-order valence-corrected chi connectivity index (χ3v) is 7.58. The van der Waals surface area contributed by atoms with Crippen LogP contribution in [0.2, 0.25) is 0 Å². The summed E-state index contributed by atoms with van der Waals surface area (Å²) in [5.74, 6) is 1.03. The van der Waals surface area contributed by atoms with E-state index in [4.69, 9.17) is 0 Å². The molecule has 2 fully saturated rings. The monoisotopic (exact) mass is 456 g/mol. The Morgan fingerprint density at radius 1 is 1.12 bits per heavy atom. The molecule has 0 bridgehead atoms. The maximum Gasteiger partial charge on any atom is 0.268 e. The number of rotatable bonds is 6. The highest BCUT2D eigenvalue weighted by molar-refractivity contribution is 7.97. The molecule has 32 heavy (non-hydrogen) atoms. The lowest BCUT2D eigenvalue weighted by Crippen LogP contribution is -2.45. The summed E-state index contributed by atoms with van der Waals surface area (Å²) in [6.07, 6.45) is 4.20. The van der Waals surface area contributed by atoms with Crippen LogP contribution in [0.4, 0.5) is 5.82 Å². The first-order chi connectivity index (χ1) is 15.4. The molecule has 0 aromatic carbocycles. The molecule has 172 valence electrons. The SMILES string of the molecule is CC(=O)N1CCN(Sc2cc(C(=O)NCc3cccnc3N3CCCC3)n(C)c2C)CC1. The van der Waals surface area contributed by atoms with Crippen molar-refractivity contribution < 1.29 is 9.59 Å². The summed E-state index contributed by atoms with van der Waals surface area (Å²) in [6, 6.07) is 5.94. The number of amides is 2. The average Bonchev–Trinajstić information content (AvgIpc) is 3.43. The number of carbonyl (C=O) groups is 2. The van der Waals surface area contributed by atoms with Gasteiger partial charge in [-0.1, -0.05) is 6.07 Å². The Kier molecular flexibility index (Phi) is 7.05. The lowest BCUT2D eigenvalue weighted by molar-refractivity contribution is -0.129. The second-order valence-corrected chi connectivity index (χ2v) is 9.57. The predicted octanol–water partition coefficient (Wildman–Crippen LogP) is 2.43. The number of carbonyl (C=O) groups excluding carboxylic acids is 2. The first kappa shape index (κ1) is 22.7. The molecule has 1 N–H and O–H groups in total. The van der Waals surface area contributed by atoms with Crippen molar-refractivity contribution in [2.24, 2.45) is 7.05 Å². The van der Waals surface area contributed by atoms with Crippen molar-refractivity contribution in [3.63, 3.8) is 0 Å². The minimum Gasteiger partial charge on any atom is -0.356 e. The van der Waals surface area contributed by atoms with Crippen LogP contribution in [-0.4, -0.2) is 69.8 Å². The fraction of sp³-hybridized carbons (Fsp3) is 0.522. The summed E-state index contributed by atoms with van der Waals surface area (Å²) in [5.41, 5.74) is 2.76. The zero-order chi connectivity index (χ0) is 22.7. The molecule has 2 aromatic rings. The molecule has 0 aliphatic carbocycles. The van der Waals surface area contributed by atoms with Gasteiger partial charge in [0.1, 0.15) is 11.5 Å². The van der Waals surface area contributed by atoms with Gasteiger partial charge in [0.2, 0.25) is 5.91 Å². The zero-order valence-corrected chi connectivity index (χ0v) is 20.0. The van der Waals surface area contributed by atoms with Crippen molar-refractivity contribution in [2.45, 2.75) is 38.1 Å². The van der Waals surface area contributed by atoms with Crippen molar-refractivity contribution in [3.8, 4) is 0 Å². The molecular weight excluding hydrogens is 424 g/mol. The van der Waals surface area contributed by atoms with Crippen LogP contribution >= 0.6 is 11.9 Å². The number of nitrogens with zero attached hydrogens (tertiary/aromatic N) is 5. The molecule has 0 radical (unpaired) electrons. The van der Waals surface area contributed by atoms with E-state index in [1.54, 1.807) is 18.9 Å². The summed E-state index contributed by atoms with van der Waals surface area (Å²) >= 11 is 1.67. The second-order valence-electron chi connectivity index (χ2n) is 8.43. The maximum absolute atomic E-state index is 13.0. The molecule has 2 amide bonds. The Labute approximate surface area is 194 Å². The molecule has 0 atom stereocenters. The lowest BCUT2D eigenvalue weighted by atomic mass is 10.2. The fourth-order valence-corrected chi connectivity index (χ4v) is 5.32. The smallest absolute Gasteiger partial charge is 0.268 e. The lowest BCUT2D eigenvalue weighted by Gasteiger charge is -2.33. The van der Waals surface area contributed by atoms with Crippen LogP contribution in [0.25, 0.3) is 0 Å². The van der Waals surface area contributed by atoms with E-state index in [1.165, 1.54) is 12.8 Å². The van der Waals surface area contributed by atoms with Gasteiger partial charge in [-0.2, -0.15) is 0 Å². The van der Waals surface area contributed by atoms with E-state index in [2.05, 4.69) is 19.5 Å². The van der Waals surface area contributed by atoms with Crippen molar-refractivity contribution in [2.75, 3.05) is 44.2 Å². The van der Waals surface area contributed by atoms with E-state index in [9.17, 15) is 9.59 Å². The number of hydrogen-bond acceptors (Lipinski definition) is 6. The molecule has 4 heterocycles. The molecule has 8 nitrogen and oxygen atoms in total. The topological polar surface area (TPSA) is 73.7 Å². The van der Waals surface area contributed by atoms with E-state index in [1.807, 2.05) is 47.8 Å². The van der Waals surface area contributed by atoms with Crippen molar-refractivity contribution >= 4 is 29.6 Å². The maximum atomic E-state index is 13.0. The molecule has 2 aromatic heterocycles. The number of piperazine rings is 1. The predicted molar refractivity (Wildman–Crippen MR) is 127 cm³/mol. The van der Waals surface area contributed by atoms with Crippen LogP contribution in [0.15, 0.2) is 29.3 Å². The van der Waals surface area contributed by atoms with Gasteiger partial charge in [-0.05, 0) is 43.8 Å². The standard InChI is InChI=1S/C23H32N6O2S/c1-17-21(32-29-13-11-27(12-14-29)18(2)30)15-20(26(17)3)23(31)25-16-19-7-6-8-24-22(19)28-9-4-5-10-28/h6-8,15H,4-5,9-14,16H2,1-3H3,(H,25,31). The van der Waals surface area contributed by atoms with Gasteiger partial charge in [-0.15, -0.1) is 0 Å². The average molecular weight is 457 g/mol. The Bertz CT molecular complexity index is 977. The van der Waals surface area contributed by atoms with Gasteiger partial charge in [0.25, 0.3) is 5.91 Å². The third-order valence-electron chi connectivity index (χ3n) is 6.35. The van der Waals surface area contributed by atoms with Crippen molar-refractivity contribution in [1.29, 1.82) is 0 Å². The molecule has 0 unspecified atom stereocenters. The first-order valence-electron chi connectivity index (χ1n) is 11.3. The van der Waals surface area contributed by atoms with E-state index in [-0.39, 0.29) is 11.8 Å². The molecule has 2 aliphatic heterocycles. The number of hydrogen-bond donors (Lipinski definition) is 1. The zero-order valence-electron chi connectivity index (χ0n) is 19.1. The summed E-state index contributed by atoms with van der Waals surface area (Å²) in [6.45, 7) is 9.29. The largest absolute Gasteiger partial charge is 0.356 e. The number of pyridine rings is 1. The van der Waals surface area contributed by atoms with E-state index in [0.717, 1.165) is 61.2 Å². The molecule has 0 saturated carbocycles. The minimum absolute atomic E-state index is 0.0833. The van der Waals surface area contributed by atoms with Crippen LogP contribution in [0.1, 0.15) is 41.5 Å². The Hall–Kier alpha value is -2.52. The van der Waals surface area contributed by atoms with Crippen LogP contribution in [0, 0.1) is 6.92 Å². The Morgan fingerprint density at radius 3 is 2.53 bits per heavy atom. The van der Waals surface area contributed by atoms with Gasteiger partial charge >= 0.3 is 0 Å². The third kappa shape index (κ3) is 4.94. The van der Waals surface area contributed by atoms with Crippen molar-refractivity contribution in [1.82, 2.24) is 24.1 Å². The molecule has 2 saturated heterocycles. The van der Waals surface area contributed by atoms with Gasteiger partial charge in [0.15, 0.2) is 0 Å². The van der Waals surface area contributed by atoms with Crippen LogP contribution in [-0.2, 0) is 18.4 Å². The van der Waals surface area contributed by atoms with E-state index >= 15 is 0 Å². The van der Waals surface area contributed by atoms with Crippen LogP contribution < -0.4 is 10.2 Å². The molecule has 0 spiro atoms. The fourth-order valence-electron chi connectivity index (χ4n) is 4.26. The van der Waals surface area contributed by atoms with Crippen LogP contribution in [0.5, 0.6) is 0 Å². The van der Waals surface area contributed by atoms with Gasteiger partial charge in [-0.25, -0.2) is 9.29 Å². The van der Waals surface area contributed by atoms with Gasteiger partial charge in [0.05, 0.1) is 0 Å². The summed E-state index contributed by atoms with van der Waals surface area (Å²) in [7, 11) is 1.93. The first-order valence-corrected chi connectivity index (χ1v) is 12.0. The summed E-state index contributed by atoms with van der Waals surface area (Å²) < 4.78 is 4.22. The highest BCUT2D eigenvalue weighted by atomic mass is 32.2. The number of nitrogens with one attached hydrogen (secondary N) is 1. The van der Waals surface area contributed by atoms with Crippen molar-refractivity contribution in [3.05, 3.63) is 41.3 Å². The number of aromatic nitrogens is 2. The molecular formula is C23H32N6O2S. The normalized spacial score (nSPS) is 17.1.